The van der Waals surface area contributed by atoms with E-state index < -0.39 is 0 Å². The molecule has 82 valence electrons. The molecule has 0 aliphatic carbocycles. The molecule has 4 heteroatoms. The highest BCUT2D eigenvalue weighted by Crippen LogP contribution is 2.29. The Morgan fingerprint density at radius 1 is 1.19 bits per heavy atom. The Morgan fingerprint density at radius 2 is 2.00 bits per heavy atom. The molecule has 0 fully saturated rings. The van der Waals surface area contributed by atoms with Crippen LogP contribution in [0.1, 0.15) is 11.1 Å². The van der Waals surface area contributed by atoms with E-state index in [1.807, 2.05) is 0 Å². The van der Waals surface area contributed by atoms with Crippen LogP contribution in [0.2, 0.25) is 0 Å². The topological polar surface area (TPSA) is 51.8 Å². The molecule has 2 N–H and O–H groups in total. The largest absolute Gasteiger partial charge is 0.382 e. The first-order valence-corrected chi connectivity index (χ1v) is 5.79. The molecule has 3 nitrogen and oxygen atoms in total. The minimum absolute atomic E-state index is 0.453. The number of nitrogens with two attached hydrogens (primary N) is 1. The number of anilines is 1. The highest BCUT2D eigenvalue weighted by Gasteiger charge is 2.03. The van der Waals surface area contributed by atoms with Gasteiger partial charge in [-0.3, -0.25) is 4.98 Å². The van der Waals surface area contributed by atoms with Gasteiger partial charge >= 0.3 is 0 Å². The molecule has 2 rings (SSSR count). The number of nitrogen functional groups attached to an aromatic ring is 1. The van der Waals surface area contributed by atoms with E-state index in [1.54, 1.807) is 24.2 Å². The lowest BCUT2D eigenvalue weighted by molar-refractivity contribution is 1.06. The Balaban J connectivity index is 2.27. The first-order chi connectivity index (χ1) is 7.65. The Morgan fingerprint density at radius 3 is 2.69 bits per heavy atom. The zero-order valence-corrected chi connectivity index (χ0v) is 10.1. The third-order valence-electron chi connectivity index (χ3n) is 2.18. The first-order valence-electron chi connectivity index (χ1n) is 4.98. The smallest absolute Gasteiger partial charge is 0.143 e. The van der Waals surface area contributed by atoms with Crippen molar-refractivity contribution in [2.75, 3.05) is 5.73 Å². The van der Waals surface area contributed by atoms with Gasteiger partial charge in [0.1, 0.15) is 10.8 Å². The Hall–Kier alpha value is -1.55. The van der Waals surface area contributed by atoms with Gasteiger partial charge in [0, 0.05) is 4.90 Å². The molecular formula is C12H13N3S. The van der Waals surface area contributed by atoms with Gasteiger partial charge in [-0.05, 0) is 25.5 Å². The number of hydrogen-bond acceptors (Lipinski definition) is 4. The summed E-state index contributed by atoms with van der Waals surface area (Å²) in [6.45, 7) is 4.18. The lowest BCUT2D eigenvalue weighted by Crippen LogP contribution is -1.92. The number of hydrogen-bond donors (Lipinski definition) is 1. The van der Waals surface area contributed by atoms with Crippen molar-refractivity contribution in [2.45, 2.75) is 23.8 Å². The Labute approximate surface area is 99.1 Å². The summed E-state index contributed by atoms with van der Waals surface area (Å²) in [7, 11) is 0. The van der Waals surface area contributed by atoms with Gasteiger partial charge in [0.25, 0.3) is 0 Å². The molecule has 16 heavy (non-hydrogen) atoms. The van der Waals surface area contributed by atoms with Crippen molar-refractivity contribution in [1.29, 1.82) is 0 Å². The van der Waals surface area contributed by atoms with Crippen LogP contribution >= 0.6 is 11.8 Å². The van der Waals surface area contributed by atoms with Gasteiger partial charge in [0.15, 0.2) is 0 Å². The lowest BCUT2D eigenvalue weighted by Gasteiger charge is -2.05. The van der Waals surface area contributed by atoms with Crippen LogP contribution in [-0.2, 0) is 0 Å². The number of rotatable bonds is 2. The van der Waals surface area contributed by atoms with E-state index in [2.05, 4.69) is 42.0 Å². The fraction of sp³-hybridized carbons (Fsp3) is 0.167. The van der Waals surface area contributed by atoms with Gasteiger partial charge in [-0.15, -0.1) is 0 Å². The minimum atomic E-state index is 0.453. The molecule has 1 heterocycles. The van der Waals surface area contributed by atoms with Crippen LogP contribution in [0.25, 0.3) is 0 Å². The van der Waals surface area contributed by atoms with Crippen LogP contribution in [0.3, 0.4) is 0 Å². The van der Waals surface area contributed by atoms with E-state index in [9.17, 15) is 0 Å². The third-order valence-corrected chi connectivity index (χ3v) is 3.26. The van der Waals surface area contributed by atoms with Crippen molar-refractivity contribution in [2.24, 2.45) is 0 Å². The summed E-state index contributed by atoms with van der Waals surface area (Å²) >= 11 is 1.58. The average molecular weight is 231 g/mol. The molecule has 1 aromatic heterocycles. The Bertz CT molecular complexity index is 511. The highest BCUT2D eigenvalue weighted by atomic mass is 32.2. The van der Waals surface area contributed by atoms with Crippen molar-refractivity contribution >= 4 is 17.6 Å². The second-order valence-corrected chi connectivity index (χ2v) is 4.72. The molecule has 0 bridgehead atoms. The van der Waals surface area contributed by atoms with E-state index in [4.69, 9.17) is 5.73 Å². The van der Waals surface area contributed by atoms with Crippen molar-refractivity contribution in [3.8, 4) is 0 Å². The quantitative estimate of drug-likeness (QED) is 0.863. The summed E-state index contributed by atoms with van der Waals surface area (Å²) in [4.78, 5) is 9.42. The highest BCUT2D eigenvalue weighted by molar-refractivity contribution is 7.99. The third kappa shape index (κ3) is 2.52. The first kappa shape index (κ1) is 11.0. The molecule has 0 aliphatic heterocycles. The number of aromatic nitrogens is 2. The molecule has 0 radical (unpaired) electrons. The Kier molecular flexibility index (Phi) is 3.10. The van der Waals surface area contributed by atoms with Crippen LogP contribution in [0.5, 0.6) is 0 Å². The van der Waals surface area contributed by atoms with Gasteiger partial charge in [0.05, 0.1) is 12.4 Å². The summed E-state index contributed by atoms with van der Waals surface area (Å²) in [5, 5.41) is 0.826. The molecule has 0 amide bonds. The van der Waals surface area contributed by atoms with Gasteiger partial charge in [-0.25, -0.2) is 4.98 Å². The maximum absolute atomic E-state index is 5.59. The van der Waals surface area contributed by atoms with E-state index in [-0.39, 0.29) is 0 Å². The van der Waals surface area contributed by atoms with Crippen LogP contribution in [0.15, 0.2) is 40.5 Å². The van der Waals surface area contributed by atoms with E-state index >= 15 is 0 Å². The SMILES string of the molecule is Cc1ccc(Sc2cncc(N)n2)c(C)c1. The minimum Gasteiger partial charge on any atom is -0.382 e. The maximum Gasteiger partial charge on any atom is 0.143 e. The summed E-state index contributed by atoms with van der Waals surface area (Å²) in [6, 6.07) is 6.34. The van der Waals surface area contributed by atoms with Crippen molar-refractivity contribution in [3.05, 3.63) is 41.7 Å². The van der Waals surface area contributed by atoms with Crippen LogP contribution in [-0.4, -0.2) is 9.97 Å². The molecule has 1 aromatic carbocycles. The number of aryl methyl sites for hydroxylation is 2. The van der Waals surface area contributed by atoms with Gasteiger partial charge in [-0.2, -0.15) is 0 Å². The predicted molar refractivity (Wildman–Crippen MR) is 66.5 cm³/mol. The van der Waals surface area contributed by atoms with Crippen LogP contribution in [0, 0.1) is 13.8 Å². The van der Waals surface area contributed by atoms with Crippen LogP contribution < -0.4 is 5.73 Å². The average Bonchev–Trinajstić information content (AvgIpc) is 2.22. The molecule has 0 saturated carbocycles. The predicted octanol–water partition coefficient (Wildman–Crippen LogP) is 2.83. The summed E-state index contributed by atoms with van der Waals surface area (Å²) in [5.41, 5.74) is 8.10. The standard InChI is InChI=1S/C12H13N3S/c1-8-3-4-10(9(2)5-8)16-12-7-14-6-11(13)15-12/h3-7H,1-2H3,(H2,13,15). The molecule has 0 spiro atoms. The van der Waals surface area contributed by atoms with Gasteiger partial charge in [0.2, 0.25) is 0 Å². The second kappa shape index (κ2) is 4.53. The molecule has 0 saturated heterocycles. The number of nitrogens with zero attached hydrogens (tertiary/aromatic N) is 2. The van der Waals surface area contributed by atoms with Crippen molar-refractivity contribution in [3.63, 3.8) is 0 Å². The molecule has 2 aromatic rings. The van der Waals surface area contributed by atoms with E-state index in [0.29, 0.717) is 5.82 Å². The van der Waals surface area contributed by atoms with Gasteiger partial charge in [-0.1, -0.05) is 29.5 Å². The summed E-state index contributed by atoms with van der Waals surface area (Å²) in [6.07, 6.45) is 3.27. The van der Waals surface area contributed by atoms with Gasteiger partial charge < -0.3 is 5.73 Å². The monoisotopic (exact) mass is 231 g/mol. The lowest BCUT2D eigenvalue weighted by atomic mass is 10.2. The zero-order chi connectivity index (χ0) is 11.5. The second-order valence-electron chi connectivity index (χ2n) is 3.65. The maximum atomic E-state index is 5.59. The molecule has 0 unspecified atom stereocenters. The van der Waals surface area contributed by atoms with Crippen molar-refractivity contribution in [1.82, 2.24) is 9.97 Å². The fourth-order valence-corrected chi connectivity index (χ4v) is 2.28. The molecular weight excluding hydrogens is 218 g/mol. The molecule has 0 atom stereocenters. The zero-order valence-electron chi connectivity index (χ0n) is 9.27. The summed E-state index contributed by atoms with van der Waals surface area (Å²) < 4.78 is 0. The summed E-state index contributed by atoms with van der Waals surface area (Å²) in [5.74, 6) is 0.453. The molecule has 0 aliphatic rings. The van der Waals surface area contributed by atoms with E-state index in [0.717, 1.165) is 5.03 Å². The van der Waals surface area contributed by atoms with E-state index in [1.165, 1.54) is 16.0 Å². The van der Waals surface area contributed by atoms with Crippen molar-refractivity contribution < 1.29 is 0 Å². The fourth-order valence-electron chi connectivity index (χ4n) is 1.44. The number of benzene rings is 1. The normalized spacial score (nSPS) is 10.4. The van der Waals surface area contributed by atoms with Crippen LogP contribution in [0.4, 0.5) is 5.82 Å².